The van der Waals surface area contributed by atoms with Crippen molar-refractivity contribution in [3.63, 3.8) is 0 Å². The fraction of sp³-hybridized carbons (Fsp3) is 0.375. The molecule has 112 valence electrons. The van der Waals surface area contributed by atoms with E-state index in [-0.39, 0.29) is 5.82 Å². The van der Waals surface area contributed by atoms with E-state index in [1.165, 1.54) is 6.07 Å². The molecule has 0 saturated heterocycles. The lowest BCUT2D eigenvalue weighted by Gasteiger charge is -2.11. The summed E-state index contributed by atoms with van der Waals surface area (Å²) in [5, 5.41) is 2.98. The standard InChI is InChI=1S/C16H20FN3O/c1-5-21-9-15-19-13(8-14(18-4)20-15)16-11(3)6-10(2)7-12(16)17/h6-8H,5,9H2,1-4H3,(H,18,19,20). The highest BCUT2D eigenvalue weighted by Crippen LogP contribution is 2.27. The quantitative estimate of drug-likeness (QED) is 0.915. The van der Waals surface area contributed by atoms with Crippen LogP contribution in [0, 0.1) is 19.7 Å². The number of hydrogen-bond donors (Lipinski definition) is 1. The van der Waals surface area contributed by atoms with E-state index in [4.69, 9.17) is 4.74 Å². The number of hydrogen-bond acceptors (Lipinski definition) is 4. The van der Waals surface area contributed by atoms with Crippen LogP contribution < -0.4 is 5.32 Å². The number of aryl methyl sites for hydroxylation is 2. The lowest BCUT2D eigenvalue weighted by molar-refractivity contribution is 0.128. The summed E-state index contributed by atoms with van der Waals surface area (Å²) in [5.41, 5.74) is 2.83. The molecule has 1 heterocycles. The van der Waals surface area contributed by atoms with Crippen LogP contribution in [0.25, 0.3) is 11.3 Å². The molecule has 0 aliphatic heterocycles. The van der Waals surface area contributed by atoms with Gasteiger partial charge < -0.3 is 10.1 Å². The highest BCUT2D eigenvalue weighted by molar-refractivity contribution is 5.67. The smallest absolute Gasteiger partial charge is 0.157 e. The number of halogens is 1. The van der Waals surface area contributed by atoms with Gasteiger partial charge in [-0.3, -0.25) is 0 Å². The van der Waals surface area contributed by atoms with E-state index in [9.17, 15) is 4.39 Å². The van der Waals surface area contributed by atoms with Gasteiger partial charge in [-0.15, -0.1) is 0 Å². The maximum absolute atomic E-state index is 14.3. The molecule has 0 unspecified atom stereocenters. The number of nitrogens with zero attached hydrogens (tertiary/aromatic N) is 2. The van der Waals surface area contributed by atoms with Gasteiger partial charge in [0.1, 0.15) is 18.2 Å². The number of anilines is 1. The first-order valence-electron chi connectivity index (χ1n) is 6.95. The van der Waals surface area contributed by atoms with Crippen LogP contribution in [0.1, 0.15) is 23.9 Å². The predicted octanol–water partition coefficient (Wildman–Crippen LogP) is 3.48. The van der Waals surface area contributed by atoms with Crippen molar-refractivity contribution in [2.45, 2.75) is 27.4 Å². The highest BCUT2D eigenvalue weighted by atomic mass is 19.1. The van der Waals surface area contributed by atoms with Crippen LogP contribution in [0.2, 0.25) is 0 Å². The molecule has 0 radical (unpaired) electrons. The first-order valence-corrected chi connectivity index (χ1v) is 6.95. The molecule has 0 atom stereocenters. The Morgan fingerprint density at radius 2 is 1.95 bits per heavy atom. The molecule has 0 aliphatic rings. The van der Waals surface area contributed by atoms with E-state index in [0.29, 0.717) is 36.1 Å². The second-order valence-corrected chi connectivity index (χ2v) is 4.88. The van der Waals surface area contributed by atoms with Crippen LogP contribution in [0.3, 0.4) is 0 Å². The first-order chi connectivity index (χ1) is 10.0. The minimum atomic E-state index is -0.268. The second-order valence-electron chi connectivity index (χ2n) is 4.88. The lowest BCUT2D eigenvalue weighted by atomic mass is 10.0. The zero-order valence-corrected chi connectivity index (χ0v) is 12.8. The maximum atomic E-state index is 14.3. The Balaban J connectivity index is 2.52. The third-order valence-corrected chi connectivity index (χ3v) is 3.15. The van der Waals surface area contributed by atoms with Gasteiger partial charge in [-0.2, -0.15) is 0 Å². The molecule has 1 aromatic carbocycles. The van der Waals surface area contributed by atoms with Gasteiger partial charge in [0, 0.05) is 25.3 Å². The Morgan fingerprint density at radius 3 is 2.57 bits per heavy atom. The molecular formula is C16H20FN3O. The molecule has 0 spiro atoms. The van der Waals surface area contributed by atoms with Crippen molar-refractivity contribution < 1.29 is 9.13 Å². The first kappa shape index (κ1) is 15.4. The van der Waals surface area contributed by atoms with Crippen molar-refractivity contribution in [1.29, 1.82) is 0 Å². The Hall–Kier alpha value is -2.01. The molecule has 5 heteroatoms. The van der Waals surface area contributed by atoms with E-state index < -0.39 is 0 Å². The highest BCUT2D eigenvalue weighted by Gasteiger charge is 2.13. The Labute approximate surface area is 124 Å². The minimum Gasteiger partial charge on any atom is -0.374 e. The summed E-state index contributed by atoms with van der Waals surface area (Å²) < 4.78 is 19.6. The molecule has 2 rings (SSSR count). The third kappa shape index (κ3) is 3.55. The van der Waals surface area contributed by atoms with Crippen molar-refractivity contribution in [3.8, 4) is 11.3 Å². The monoisotopic (exact) mass is 289 g/mol. The van der Waals surface area contributed by atoms with Crippen LogP contribution in [0.5, 0.6) is 0 Å². The minimum absolute atomic E-state index is 0.268. The van der Waals surface area contributed by atoms with Gasteiger partial charge >= 0.3 is 0 Å². The third-order valence-electron chi connectivity index (χ3n) is 3.15. The lowest BCUT2D eigenvalue weighted by Crippen LogP contribution is -2.05. The van der Waals surface area contributed by atoms with Gasteiger partial charge in [-0.1, -0.05) is 6.07 Å². The van der Waals surface area contributed by atoms with E-state index in [1.807, 2.05) is 26.8 Å². The summed E-state index contributed by atoms with van der Waals surface area (Å²) in [6, 6.07) is 5.21. The zero-order valence-electron chi connectivity index (χ0n) is 12.8. The fourth-order valence-corrected chi connectivity index (χ4v) is 2.25. The summed E-state index contributed by atoms with van der Waals surface area (Å²) in [5.74, 6) is 0.919. The molecule has 0 saturated carbocycles. The SMILES string of the molecule is CCOCc1nc(NC)cc(-c2c(C)cc(C)cc2F)n1. The van der Waals surface area contributed by atoms with Crippen molar-refractivity contribution >= 4 is 5.82 Å². The molecule has 1 aromatic heterocycles. The van der Waals surface area contributed by atoms with E-state index >= 15 is 0 Å². The molecule has 0 bridgehead atoms. The van der Waals surface area contributed by atoms with Crippen molar-refractivity contribution in [1.82, 2.24) is 9.97 Å². The molecule has 0 amide bonds. The van der Waals surface area contributed by atoms with Crippen molar-refractivity contribution in [2.24, 2.45) is 0 Å². The summed E-state index contributed by atoms with van der Waals surface area (Å²) in [6.07, 6.45) is 0. The summed E-state index contributed by atoms with van der Waals surface area (Å²) >= 11 is 0. The Bertz CT molecular complexity index is 620. The van der Waals surface area contributed by atoms with Gasteiger partial charge in [0.25, 0.3) is 0 Å². The number of benzene rings is 1. The van der Waals surface area contributed by atoms with E-state index in [0.717, 1.165) is 11.1 Å². The van der Waals surface area contributed by atoms with E-state index in [2.05, 4.69) is 15.3 Å². The van der Waals surface area contributed by atoms with Crippen molar-refractivity contribution in [3.05, 3.63) is 41.0 Å². The van der Waals surface area contributed by atoms with Crippen LogP contribution >= 0.6 is 0 Å². The summed E-state index contributed by atoms with van der Waals surface area (Å²) in [6.45, 7) is 6.56. The van der Waals surface area contributed by atoms with Gasteiger partial charge in [0.15, 0.2) is 5.82 Å². The van der Waals surface area contributed by atoms with Gasteiger partial charge in [0.05, 0.1) is 5.69 Å². The Kier molecular flexibility index (Phi) is 4.85. The molecule has 2 aromatic rings. The van der Waals surface area contributed by atoms with Gasteiger partial charge in [-0.25, -0.2) is 14.4 Å². The van der Waals surface area contributed by atoms with E-state index in [1.54, 1.807) is 13.1 Å². The number of rotatable bonds is 5. The average molecular weight is 289 g/mol. The average Bonchev–Trinajstić information content (AvgIpc) is 2.43. The predicted molar refractivity (Wildman–Crippen MR) is 81.8 cm³/mol. The summed E-state index contributed by atoms with van der Waals surface area (Å²) in [4.78, 5) is 8.75. The maximum Gasteiger partial charge on any atom is 0.157 e. The second kappa shape index (κ2) is 6.63. The largest absolute Gasteiger partial charge is 0.374 e. The molecule has 21 heavy (non-hydrogen) atoms. The van der Waals surface area contributed by atoms with Crippen LogP contribution in [0.15, 0.2) is 18.2 Å². The summed E-state index contributed by atoms with van der Waals surface area (Å²) in [7, 11) is 1.77. The van der Waals surface area contributed by atoms with Crippen LogP contribution in [0.4, 0.5) is 10.2 Å². The number of nitrogens with one attached hydrogen (secondary N) is 1. The van der Waals surface area contributed by atoms with Gasteiger partial charge in [-0.05, 0) is 38.0 Å². The number of ether oxygens (including phenoxy) is 1. The molecule has 0 aliphatic carbocycles. The molecule has 1 N–H and O–H groups in total. The Morgan fingerprint density at radius 1 is 1.19 bits per heavy atom. The van der Waals surface area contributed by atoms with Crippen LogP contribution in [-0.4, -0.2) is 23.6 Å². The molecular weight excluding hydrogens is 269 g/mol. The zero-order chi connectivity index (χ0) is 15.4. The topological polar surface area (TPSA) is 47.0 Å². The number of aromatic nitrogens is 2. The molecule has 4 nitrogen and oxygen atoms in total. The van der Waals surface area contributed by atoms with Crippen molar-refractivity contribution in [2.75, 3.05) is 19.0 Å². The molecule has 0 fully saturated rings. The van der Waals surface area contributed by atoms with Gasteiger partial charge in [0.2, 0.25) is 0 Å². The van der Waals surface area contributed by atoms with Crippen LogP contribution in [-0.2, 0) is 11.3 Å². The normalized spacial score (nSPS) is 10.7. The fourth-order valence-electron chi connectivity index (χ4n) is 2.25.